The molecule has 106 valence electrons. The molecule has 0 saturated heterocycles. The molecule has 0 radical (unpaired) electrons. The summed E-state index contributed by atoms with van der Waals surface area (Å²) in [6.45, 7) is -0.120. The molecule has 6 nitrogen and oxygen atoms in total. The van der Waals surface area contributed by atoms with Gasteiger partial charge in [0, 0.05) is 15.5 Å². The summed E-state index contributed by atoms with van der Waals surface area (Å²) in [5.41, 5.74) is 4.87. The van der Waals surface area contributed by atoms with Crippen LogP contribution in [0.15, 0.2) is 32.0 Å². The number of sulfonamides is 1. The van der Waals surface area contributed by atoms with E-state index in [-0.39, 0.29) is 24.7 Å². The van der Waals surface area contributed by atoms with Gasteiger partial charge in [0.1, 0.15) is 6.61 Å². The van der Waals surface area contributed by atoms with Crippen LogP contribution >= 0.6 is 31.9 Å². The third-order valence-corrected chi connectivity index (χ3v) is 4.91. The predicted molar refractivity (Wildman–Crippen MR) is 77.0 cm³/mol. The molecule has 1 aromatic carbocycles. The highest BCUT2D eigenvalue weighted by molar-refractivity contribution is 9.11. The Balaban J connectivity index is 2.61. The number of carbonyl (C=O) groups is 1. The fourth-order valence-corrected chi connectivity index (χ4v) is 3.69. The van der Waals surface area contributed by atoms with E-state index in [0.717, 1.165) is 0 Å². The van der Waals surface area contributed by atoms with Crippen LogP contribution in [-0.2, 0) is 19.6 Å². The third kappa shape index (κ3) is 5.57. The summed E-state index contributed by atoms with van der Waals surface area (Å²) in [4.78, 5) is 10.5. The normalized spacial score (nSPS) is 11.5. The fraction of sp³-hybridized carbons (Fsp3) is 0.300. The Bertz CT molecular complexity index is 563. The molecule has 0 aliphatic rings. The summed E-state index contributed by atoms with van der Waals surface area (Å²) in [5.74, 6) is -0.599. The summed E-state index contributed by atoms with van der Waals surface area (Å²) in [7, 11) is -3.64. The number of rotatable bonds is 7. The van der Waals surface area contributed by atoms with Crippen LogP contribution in [0.25, 0.3) is 0 Å². The Hall–Kier alpha value is -0.480. The zero-order valence-electron chi connectivity index (χ0n) is 9.73. The maximum absolute atomic E-state index is 12.0. The van der Waals surface area contributed by atoms with E-state index in [1.807, 2.05) is 0 Å². The zero-order chi connectivity index (χ0) is 14.5. The second-order valence-corrected chi connectivity index (χ2v) is 7.00. The number of benzene rings is 1. The Morgan fingerprint density at radius 3 is 2.68 bits per heavy atom. The standard InChI is InChI=1S/C10H12Br2N2O4S/c11-7-1-2-8(12)9(5-7)19(16,17)14-3-4-18-6-10(13)15/h1-2,5,14H,3-4,6H2,(H2,13,15). The molecule has 1 rings (SSSR count). The molecule has 0 atom stereocenters. The first-order valence-corrected chi connectivity index (χ1v) is 8.20. The van der Waals surface area contributed by atoms with Crippen LogP contribution in [0, 0.1) is 0 Å². The number of primary amides is 1. The smallest absolute Gasteiger partial charge is 0.243 e. The van der Waals surface area contributed by atoms with E-state index in [4.69, 9.17) is 10.5 Å². The number of halogens is 2. The third-order valence-electron chi connectivity index (χ3n) is 1.97. The van der Waals surface area contributed by atoms with Crippen LogP contribution in [0.5, 0.6) is 0 Å². The van der Waals surface area contributed by atoms with Gasteiger partial charge in [0.05, 0.1) is 11.5 Å². The van der Waals surface area contributed by atoms with Gasteiger partial charge in [-0.1, -0.05) is 15.9 Å². The minimum Gasteiger partial charge on any atom is -0.370 e. The summed E-state index contributed by atoms with van der Waals surface area (Å²) in [6, 6.07) is 4.83. The number of hydrogen-bond donors (Lipinski definition) is 2. The quantitative estimate of drug-likeness (QED) is 0.648. The first kappa shape index (κ1) is 16.6. The number of hydrogen-bond acceptors (Lipinski definition) is 4. The molecule has 0 bridgehead atoms. The van der Waals surface area contributed by atoms with E-state index in [9.17, 15) is 13.2 Å². The lowest BCUT2D eigenvalue weighted by molar-refractivity contribution is -0.122. The number of ether oxygens (including phenoxy) is 1. The molecular weight excluding hydrogens is 404 g/mol. The molecular formula is C10H12Br2N2O4S. The van der Waals surface area contributed by atoms with Crippen molar-refractivity contribution in [1.29, 1.82) is 0 Å². The van der Waals surface area contributed by atoms with E-state index >= 15 is 0 Å². The monoisotopic (exact) mass is 414 g/mol. The molecule has 0 aliphatic heterocycles. The molecule has 0 aliphatic carbocycles. The molecule has 0 spiro atoms. The van der Waals surface area contributed by atoms with Gasteiger partial charge in [0.15, 0.2) is 0 Å². The molecule has 19 heavy (non-hydrogen) atoms. The average molecular weight is 416 g/mol. The maximum atomic E-state index is 12.0. The SMILES string of the molecule is NC(=O)COCCNS(=O)(=O)c1cc(Br)ccc1Br. The number of nitrogens with two attached hydrogens (primary N) is 1. The van der Waals surface area contributed by atoms with Crippen molar-refractivity contribution in [3.8, 4) is 0 Å². The van der Waals surface area contributed by atoms with Crippen molar-refractivity contribution in [1.82, 2.24) is 4.72 Å². The van der Waals surface area contributed by atoms with Gasteiger partial charge in [-0.15, -0.1) is 0 Å². The largest absolute Gasteiger partial charge is 0.370 e. The van der Waals surface area contributed by atoms with E-state index in [1.54, 1.807) is 12.1 Å². The molecule has 9 heteroatoms. The van der Waals surface area contributed by atoms with Crippen molar-refractivity contribution in [3.63, 3.8) is 0 Å². The maximum Gasteiger partial charge on any atom is 0.243 e. The van der Waals surface area contributed by atoms with E-state index in [1.165, 1.54) is 6.07 Å². The zero-order valence-corrected chi connectivity index (χ0v) is 13.7. The van der Waals surface area contributed by atoms with E-state index < -0.39 is 15.9 Å². The summed E-state index contributed by atoms with van der Waals surface area (Å²) < 4.78 is 32.3. The first-order chi connectivity index (χ1) is 8.83. The molecule has 0 fully saturated rings. The Morgan fingerprint density at radius 2 is 2.05 bits per heavy atom. The molecule has 0 aromatic heterocycles. The summed E-state index contributed by atoms with van der Waals surface area (Å²) >= 11 is 6.38. The van der Waals surface area contributed by atoms with Crippen LogP contribution in [0.2, 0.25) is 0 Å². The topological polar surface area (TPSA) is 98.5 Å². The lowest BCUT2D eigenvalue weighted by Crippen LogP contribution is -2.29. The minimum atomic E-state index is -3.64. The minimum absolute atomic E-state index is 0.0502. The van der Waals surface area contributed by atoms with Gasteiger partial charge < -0.3 is 10.5 Å². The van der Waals surface area contributed by atoms with Crippen molar-refractivity contribution in [2.75, 3.05) is 19.8 Å². The fourth-order valence-electron chi connectivity index (χ4n) is 1.18. The summed E-state index contributed by atoms with van der Waals surface area (Å²) in [5, 5.41) is 0. The molecule has 1 amide bonds. The van der Waals surface area contributed by atoms with Crippen molar-refractivity contribution in [2.24, 2.45) is 5.73 Å². The van der Waals surface area contributed by atoms with Gasteiger partial charge in [0.25, 0.3) is 0 Å². The van der Waals surface area contributed by atoms with Crippen molar-refractivity contribution >= 4 is 47.8 Å². The Kier molecular flexibility index (Phi) is 6.40. The highest BCUT2D eigenvalue weighted by Gasteiger charge is 2.17. The first-order valence-electron chi connectivity index (χ1n) is 5.13. The second kappa shape index (κ2) is 7.34. The lowest BCUT2D eigenvalue weighted by Gasteiger charge is -2.09. The van der Waals surface area contributed by atoms with E-state index in [0.29, 0.717) is 8.95 Å². The van der Waals surface area contributed by atoms with Crippen molar-refractivity contribution in [2.45, 2.75) is 4.90 Å². The predicted octanol–water partition coefficient (Wildman–Crippen LogP) is 0.992. The van der Waals surface area contributed by atoms with Crippen LogP contribution < -0.4 is 10.5 Å². The molecule has 0 unspecified atom stereocenters. The Labute approximate surface area is 128 Å². The average Bonchev–Trinajstić information content (AvgIpc) is 2.31. The molecule has 3 N–H and O–H groups in total. The number of carbonyl (C=O) groups excluding carboxylic acids is 1. The lowest BCUT2D eigenvalue weighted by atomic mass is 10.4. The van der Waals surface area contributed by atoms with Crippen molar-refractivity contribution < 1.29 is 17.9 Å². The molecule has 0 heterocycles. The van der Waals surface area contributed by atoms with Crippen LogP contribution in [0.3, 0.4) is 0 Å². The number of nitrogens with one attached hydrogen (secondary N) is 1. The van der Waals surface area contributed by atoms with Gasteiger partial charge in [-0.3, -0.25) is 4.79 Å². The highest BCUT2D eigenvalue weighted by atomic mass is 79.9. The van der Waals surface area contributed by atoms with E-state index in [2.05, 4.69) is 36.6 Å². The second-order valence-electron chi connectivity index (χ2n) is 3.49. The van der Waals surface area contributed by atoms with Gasteiger partial charge in [0.2, 0.25) is 15.9 Å². The number of amides is 1. The van der Waals surface area contributed by atoms with Crippen LogP contribution in [-0.4, -0.2) is 34.1 Å². The van der Waals surface area contributed by atoms with Crippen molar-refractivity contribution in [3.05, 3.63) is 27.1 Å². The molecule has 1 aromatic rings. The van der Waals surface area contributed by atoms with Gasteiger partial charge in [-0.05, 0) is 34.1 Å². The van der Waals surface area contributed by atoms with Crippen LogP contribution in [0.4, 0.5) is 0 Å². The van der Waals surface area contributed by atoms with Gasteiger partial charge in [-0.25, -0.2) is 13.1 Å². The van der Waals surface area contributed by atoms with Crippen LogP contribution in [0.1, 0.15) is 0 Å². The highest BCUT2D eigenvalue weighted by Crippen LogP contribution is 2.25. The molecule has 0 saturated carbocycles. The summed E-state index contributed by atoms with van der Waals surface area (Å²) in [6.07, 6.45) is 0. The van der Waals surface area contributed by atoms with Gasteiger partial charge >= 0.3 is 0 Å². The Morgan fingerprint density at radius 1 is 1.37 bits per heavy atom. The van der Waals surface area contributed by atoms with Gasteiger partial charge in [-0.2, -0.15) is 0 Å².